The normalized spacial score (nSPS) is 10.2. The fraction of sp³-hybridized carbons (Fsp3) is 0.0455. The maximum Gasteiger partial charge on any atom is 0.338 e. The van der Waals surface area contributed by atoms with E-state index in [2.05, 4.69) is 5.32 Å². The molecule has 7 heteroatoms. The van der Waals surface area contributed by atoms with Crippen LogP contribution in [0.5, 0.6) is 0 Å². The SMILES string of the molecule is Nc1cc(C(=O)OCC(=O)c2ccc(NC(=O)c3ccccc3)cc2)ccc1Cl. The molecule has 0 saturated heterocycles. The van der Waals surface area contributed by atoms with E-state index >= 15 is 0 Å². The van der Waals surface area contributed by atoms with Gasteiger partial charge in [-0.2, -0.15) is 0 Å². The number of Topliss-reactive ketones (excluding diaryl/α,β-unsaturated/α-hetero) is 1. The van der Waals surface area contributed by atoms with E-state index in [0.29, 0.717) is 21.8 Å². The first-order valence-electron chi connectivity index (χ1n) is 8.66. The Balaban J connectivity index is 1.56. The predicted octanol–water partition coefficient (Wildman–Crippen LogP) is 4.21. The number of carbonyl (C=O) groups is 3. The van der Waals surface area contributed by atoms with E-state index < -0.39 is 12.6 Å². The molecule has 0 spiro atoms. The van der Waals surface area contributed by atoms with Gasteiger partial charge in [0.2, 0.25) is 0 Å². The van der Waals surface area contributed by atoms with Crippen LogP contribution in [0.3, 0.4) is 0 Å². The zero-order valence-corrected chi connectivity index (χ0v) is 16.0. The highest BCUT2D eigenvalue weighted by Gasteiger charge is 2.13. The van der Waals surface area contributed by atoms with Crippen LogP contribution in [0, 0.1) is 0 Å². The molecule has 0 bridgehead atoms. The number of amides is 1. The summed E-state index contributed by atoms with van der Waals surface area (Å²) in [6, 6.07) is 19.4. The third-order valence-corrected chi connectivity index (χ3v) is 4.41. The maximum absolute atomic E-state index is 12.2. The molecule has 0 saturated carbocycles. The number of hydrogen-bond acceptors (Lipinski definition) is 5. The van der Waals surface area contributed by atoms with Crippen molar-refractivity contribution in [1.29, 1.82) is 0 Å². The van der Waals surface area contributed by atoms with Crippen molar-refractivity contribution in [1.82, 2.24) is 0 Å². The first-order valence-corrected chi connectivity index (χ1v) is 9.03. The van der Waals surface area contributed by atoms with E-state index in [4.69, 9.17) is 22.1 Å². The van der Waals surface area contributed by atoms with Crippen molar-refractivity contribution < 1.29 is 19.1 Å². The van der Waals surface area contributed by atoms with Gasteiger partial charge in [-0.3, -0.25) is 9.59 Å². The minimum absolute atomic E-state index is 0.207. The summed E-state index contributed by atoms with van der Waals surface area (Å²) in [5.41, 5.74) is 7.54. The minimum atomic E-state index is -0.673. The first-order chi connectivity index (χ1) is 13.9. The number of esters is 1. The Labute approximate surface area is 172 Å². The van der Waals surface area contributed by atoms with Crippen LogP contribution in [0.25, 0.3) is 0 Å². The van der Waals surface area contributed by atoms with E-state index in [-0.39, 0.29) is 22.9 Å². The van der Waals surface area contributed by atoms with Gasteiger partial charge in [0.05, 0.1) is 16.3 Å². The quantitative estimate of drug-likeness (QED) is 0.361. The summed E-state index contributed by atoms with van der Waals surface area (Å²) in [6.07, 6.45) is 0. The number of carbonyl (C=O) groups excluding carboxylic acids is 3. The van der Waals surface area contributed by atoms with Gasteiger partial charge in [0.1, 0.15) is 0 Å². The lowest BCUT2D eigenvalue weighted by molar-refractivity contribution is 0.0475. The van der Waals surface area contributed by atoms with E-state index in [1.165, 1.54) is 18.2 Å². The van der Waals surface area contributed by atoms with Gasteiger partial charge in [0.15, 0.2) is 12.4 Å². The molecule has 0 aliphatic carbocycles. The number of halogens is 1. The number of nitrogens with two attached hydrogens (primary N) is 1. The first kappa shape index (κ1) is 20.1. The number of hydrogen-bond donors (Lipinski definition) is 2. The molecule has 0 heterocycles. The minimum Gasteiger partial charge on any atom is -0.454 e. The van der Waals surface area contributed by atoms with Crippen LogP contribution in [0.15, 0.2) is 72.8 Å². The largest absolute Gasteiger partial charge is 0.454 e. The number of anilines is 2. The van der Waals surface area contributed by atoms with Crippen LogP contribution in [0.4, 0.5) is 11.4 Å². The molecule has 6 nitrogen and oxygen atoms in total. The zero-order chi connectivity index (χ0) is 20.8. The molecule has 0 aromatic heterocycles. The molecular weight excluding hydrogens is 392 g/mol. The molecule has 3 rings (SSSR count). The number of ketones is 1. The van der Waals surface area contributed by atoms with Crippen molar-refractivity contribution in [3.63, 3.8) is 0 Å². The Hall–Kier alpha value is -3.64. The lowest BCUT2D eigenvalue weighted by Gasteiger charge is -2.08. The van der Waals surface area contributed by atoms with Crippen molar-refractivity contribution in [3.05, 3.63) is 94.5 Å². The van der Waals surface area contributed by atoms with Crippen molar-refractivity contribution in [2.75, 3.05) is 17.7 Å². The average molecular weight is 409 g/mol. The fourth-order valence-corrected chi connectivity index (χ4v) is 2.62. The third kappa shape index (κ3) is 5.21. The van der Waals surface area contributed by atoms with Crippen molar-refractivity contribution in [2.24, 2.45) is 0 Å². The van der Waals surface area contributed by atoms with E-state index in [1.807, 2.05) is 6.07 Å². The molecule has 0 radical (unpaired) electrons. The predicted molar refractivity (Wildman–Crippen MR) is 111 cm³/mol. The second kappa shape index (κ2) is 9.03. The Morgan fingerprint density at radius 3 is 2.17 bits per heavy atom. The summed E-state index contributed by atoms with van der Waals surface area (Å²) in [4.78, 5) is 36.4. The van der Waals surface area contributed by atoms with Crippen molar-refractivity contribution in [3.8, 4) is 0 Å². The number of nitrogen functional groups attached to an aromatic ring is 1. The molecule has 0 unspecified atom stereocenters. The highest BCUT2D eigenvalue weighted by atomic mass is 35.5. The lowest BCUT2D eigenvalue weighted by atomic mass is 10.1. The Morgan fingerprint density at radius 1 is 0.862 bits per heavy atom. The molecule has 0 aliphatic heterocycles. The summed E-state index contributed by atoms with van der Waals surface area (Å²) in [6.45, 7) is -0.420. The van der Waals surface area contributed by atoms with E-state index in [0.717, 1.165) is 0 Å². The smallest absolute Gasteiger partial charge is 0.338 e. The van der Waals surface area contributed by atoms with Gasteiger partial charge in [0, 0.05) is 16.8 Å². The standard InChI is InChI=1S/C22H17ClN2O4/c23-18-11-8-16(12-19(18)24)22(28)29-13-20(26)14-6-9-17(10-7-14)25-21(27)15-4-2-1-3-5-15/h1-12H,13,24H2,(H,25,27). The Kier molecular flexibility index (Phi) is 6.26. The van der Waals surface area contributed by atoms with Crippen LogP contribution < -0.4 is 11.1 Å². The highest BCUT2D eigenvalue weighted by molar-refractivity contribution is 6.33. The fourth-order valence-electron chi connectivity index (χ4n) is 2.50. The van der Waals surface area contributed by atoms with Crippen molar-refractivity contribution >= 4 is 40.6 Å². The van der Waals surface area contributed by atoms with E-state index in [9.17, 15) is 14.4 Å². The van der Waals surface area contributed by atoms with Gasteiger partial charge in [-0.05, 0) is 54.6 Å². The molecule has 29 heavy (non-hydrogen) atoms. The van der Waals surface area contributed by atoms with Crippen molar-refractivity contribution in [2.45, 2.75) is 0 Å². The van der Waals surface area contributed by atoms with Crippen LogP contribution in [0.1, 0.15) is 31.1 Å². The second-order valence-electron chi connectivity index (χ2n) is 6.13. The van der Waals surface area contributed by atoms with Crippen LogP contribution in [0.2, 0.25) is 5.02 Å². The summed E-state index contributed by atoms with van der Waals surface area (Å²) < 4.78 is 5.03. The maximum atomic E-state index is 12.2. The summed E-state index contributed by atoms with van der Waals surface area (Å²) >= 11 is 5.81. The number of rotatable bonds is 6. The second-order valence-corrected chi connectivity index (χ2v) is 6.54. The number of nitrogens with one attached hydrogen (secondary N) is 1. The van der Waals surface area contributed by atoms with E-state index in [1.54, 1.807) is 48.5 Å². The molecule has 0 atom stereocenters. The summed E-state index contributed by atoms with van der Waals surface area (Å²) in [7, 11) is 0. The van der Waals surface area contributed by atoms with Crippen LogP contribution in [-0.2, 0) is 4.74 Å². The highest BCUT2D eigenvalue weighted by Crippen LogP contribution is 2.20. The molecule has 0 aliphatic rings. The van der Waals surface area contributed by atoms with Gasteiger partial charge < -0.3 is 15.8 Å². The molecule has 3 aromatic rings. The Morgan fingerprint density at radius 2 is 1.52 bits per heavy atom. The number of benzene rings is 3. The molecule has 3 N–H and O–H groups in total. The molecular formula is C22H17ClN2O4. The lowest BCUT2D eigenvalue weighted by Crippen LogP contribution is -2.15. The Bertz CT molecular complexity index is 1050. The van der Waals surface area contributed by atoms with Gasteiger partial charge in [0.25, 0.3) is 5.91 Å². The van der Waals surface area contributed by atoms with Gasteiger partial charge in [-0.25, -0.2) is 4.79 Å². The molecule has 3 aromatic carbocycles. The van der Waals surface area contributed by atoms with Crippen LogP contribution in [-0.4, -0.2) is 24.3 Å². The van der Waals surface area contributed by atoms with Crippen LogP contribution >= 0.6 is 11.6 Å². The average Bonchev–Trinajstić information content (AvgIpc) is 2.74. The molecule has 1 amide bonds. The zero-order valence-electron chi connectivity index (χ0n) is 15.2. The summed E-state index contributed by atoms with van der Waals surface area (Å²) in [5.74, 6) is -1.30. The van der Waals surface area contributed by atoms with Gasteiger partial charge >= 0.3 is 5.97 Å². The van der Waals surface area contributed by atoms with Gasteiger partial charge in [-0.1, -0.05) is 29.8 Å². The third-order valence-electron chi connectivity index (χ3n) is 4.07. The number of ether oxygens (including phenoxy) is 1. The monoisotopic (exact) mass is 408 g/mol. The topological polar surface area (TPSA) is 98.5 Å². The molecule has 0 fully saturated rings. The molecule has 146 valence electrons. The van der Waals surface area contributed by atoms with Gasteiger partial charge in [-0.15, -0.1) is 0 Å². The summed E-state index contributed by atoms with van der Waals surface area (Å²) in [5, 5.41) is 3.08.